The quantitative estimate of drug-likeness (QED) is 0.364. The van der Waals surface area contributed by atoms with Crippen LogP contribution in [0.5, 0.6) is 5.75 Å². The zero-order valence-corrected chi connectivity index (χ0v) is 18.0. The highest BCUT2D eigenvalue weighted by molar-refractivity contribution is 5.83. The topological polar surface area (TPSA) is 50.4 Å². The van der Waals surface area contributed by atoms with Crippen LogP contribution in [0.25, 0.3) is 10.8 Å². The van der Waals surface area contributed by atoms with E-state index in [9.17, 15) is 9.90 Å². The van der Waals surface area contributed by atoms with Gasteiger partial charge in [-0.2, -0.15) is 0 Å². The minimum Gasteiger partial charge on any atom is -0.507 e. The molecule has 3 heteroatoms. The zero-order valence-electron chi connectivity index (χ0n) is 18.0. The van der Waals surface area contributed by atoms with Crippen LogP contribution in [0.1, 0.15) is 61.0 Å². The van der Waals surface area contributed by atoms with Gasteiger partial charge in [-0.3, -0.25) is 0 Å². The van der Waals surface area contributed by atoms with E-state index in [1.54, 1.807) is 6.07 Å². The SMILES string of the molecule is CCC(Cc1ccc2ccccc2c1)c1cc(O)c(C(CC)c2ccccc2)c(=O)o1. The number of hydrogen-bond donors (Lipinski definition) is 1. The smallest absolute Gasteiger partial charge is 0.343 e. The van der Waals surface area contributed by atoms with Crippen LogP contribution in [-0.4, -0.2) is 5.11 Å². The first-order chi connectivity index (χ1) is 15.1. The van der Waals surface area contributed by atoms with Crippen LogP contribution in [-0.2, 0) is 6.42 Å². The van der Waals surface area contributed by atoms with Gasteiger partial charge in [0.25, 0.3) is 0 Å². The summed E-state index contributed by atoms with van der Waals surface area (Å²) >= 11 is 0. The number of rotatable bonds is 7. The Bertz CT molecular complexity index is 1220. The molecule has 1 N–H and O–H groups in total. The highest BCUT2D eigenvalue weighted by Crippen LogP contribution is 2.34. The fourth-order valence-corrected chi connectivity index (χ4v) is 4.42. The van der Waals surface area contributed by atoms with Gasteiger partial charge < -0.3 is 9.52 Å². The van der Waals surface area contributed by atoms with Crippen LogP contribution >= 0.6 is 0 Å². The van der Waals surface area contributed by atoms with Gasteiger partial charge in [-0.1, -0.05) is 86.6 Å². The molecule has 158 valence electrons. The van der Waals surface area contributed by atoms with Crippen molar-refractivity contribution in [2.45, 2.75) is 44.9 Å². The summed E-state index contributed by atoms with van der Waals surface area (Å²) in [6, 6.07) is 26.2. The molecule has 4 rings (SSSR count). The summed E-state index contributed by atoms with van der Waals surface area (Å²) in [5.41, 5.74) is 2.09. The lowest BCUT2D eigenvalue weighted by molar-refractivity contribution is 0.381. The summed E-state index contributed by atoms with van der Waals surface area (Å²) in [6.07, 6.45) is 2.26. The summed E-state index contributed by atoms with van der Waals surface area (Å²) in [5, 5.41) is 13.2. The molecule has 0 aliphatic carbocycles. The van der Waals surface area contributed by atoms with Crippen molar-refractivity contribution in [3.05, 3.63) is 112 Å². The van der Waals surface area contributed by atoms with Crippen molar-refractivity contribution < 1.29 is 9.52 Å². The minimum absolute atomic E-state index is 0.0191. The Kier molecular flexibility index (Phi) is 6.22. The molecule has 0 amide bonds. The molecular weight excluding hydrogens is 384 g/mol. The molecule has 2 unspecified atom stereocenters. The third-order valence-corrected chi connectivity index (χ3v) is 6.14. The summed E-state index contributed by atoms with van der Waals surface area (Å²) in [6.45, 7) is 4.09. The van der Waals surface area contributed by atoms with E-state index in [4.69, 9.17) is 4.42 Å². The molecule has 0 bridgehead atoms. The van der Waals surface area contributed by atoms with Gasteiger partial charge in [0.1, 0.15) is 11.5 Å². The maximum atomic E-state index is 13.0. The van der Waals surface area contributed by atoms with Crippen LogP contribution in [0.15, 0.2) is 88.1 Å². The van der Waals surface area contributed by atoms with E-state index >= 15 is 0 Å². The van der Waals surface area contributed by atoms with Crippen molar-refractivity contribution in [3.8, 4) is 5.75 Å². The molecule has 0 saturated carbocycles. The first-order valence-corrected chi connectivity index (χ1v) is 11.0. The maximum absolute atomic E-state index is 13.0. The molecule has 0 aliphatic rings. The second-order valence-corrected chi connectivity index (χ2v) is 8.10. The summed E-state index contributed by atoms with van der Waals surface area (Å²) in [4.78, 5) is 13.0. The molecule has 1 aromatic heterocycles. The third kappa shape index (κ3) is 4.41. The van der Waals surface area contributed by atoms with Crippen LogP contribution in [0, 0.1) is 0 Å². The number of hydrogen-bond acceptors (Lipinski definition) is 3. The number of fused-ring (bicyclic) bond motifs is 1. The minimum atomic E-state index is -0.442. The maximum Gasteiger partial charge on any atom is 0.343 e. The van der Waals surface area contributed by atoms with Crippen molar-refractivity contribution in [2.24, 2.45) is 0 Å². The van der Waals surface area contributed by atoms with Gasteiger partial charge in [0.2, 0.25) is 0 Å². The molecule has 0 fully saturated rings. The van der Waals surface area contributed by atoms with Crippen molar-refractivity contribution in [2.75, 3.05) is 0 Å². The van der Waals surface area contributed by atoms with Gasteiger partial charge in [0.15, 0.2) is 0 Å². The lowest BCUT2D eigenvalue weighted by Gasteiger charge is -2.19. The van der Waals surface area contributed by atoms with Gasteiger partial charge in [-0.15, -0.1) is 0 Å². The zero-order chi connectivity index (χ0) is 21.8. The molecular formula is C28H28O3. The first kappa shape index (κ1) is 20.9. The van der Waals surface area contributed by atoms with Gasteiger partial charge in [-0.25, -0.2) is 4.79 Å². The van der Waals surface area contributed by atoms with E-state index in [1.165, 1.54) is 16.3 Å². The Labute approximate surface area is 183 Å². The van der Waals surface area contributed by atoms with Gasteiger partial charge in [0.05, 0.1) is 5.56 Å². The molecule has 3 nitrogen and oxygen atoms in total. The normalized spacial score (nSPS) is 13.2. The van der Waals surface area contributed by atoms with Gasteiger partial charge in [-0.05, 0) is 41.2 Å². The Morgan fingerprint density at radius 3 is 2.23 bits per heavy atom. The van der Waals surface area contributed by atoms with Crippen molar-refractivity contribution in [1.82, 2.24) is 0 Å². The van der Waals surface area contributed by atoms with Crippen molar-refractivity contribution in [1.29, 1.82) is 0 Å². The molecule has 1 heterocycles. The van der Waals surface area contributed by atoms with Crippen molar-refractivity contribution in [3.63, 3.8) is 0 Å². The van der Waals surface area contributed by atoms with E-state index < -0.39 is 5.63 Å². The largest absolute Gasteiger partial charge is 0.507 e. The summed E-state index contributed by atoms with van der Waals surface area (Å²) in [5.74, 6) is 0.404. The van der Waals surface area contributed by atoms with Crippen LogP contribution in [0.3, 0.4) is 0 Å². The molecule has 4 aromatic rings. The van der Waals surface area contributed by atoms with E-state index in [-0.39, 0.29) is 17.6 Å². The van der Waals surface area contributed by atoms with E-state index in [2.05, 4.69) is 37.3 Å². The van der Waals surface area contributed by atoms with Crippen molar-refractivity contribution >= 4 is 10.8 Å². The molecule has 31 heavy (non-hydrogen) atoms. The Hall–Kier alpha value is -3.33. The van der Waals surface area contributed by atoms with E-state index in [0.717, 1.165) is 18.4 Å². The number of benzene rings is 3. The van der Waals surface area contributed by atoms with Crippen LogP contribution < -0.4 is 5.63 Å². The average molecular weight is 413 g/mol. The molecule has 0 spiro atoms. The highest BCUT2D eigenvalue weighted by Gasteiger charge is 2.24. The second-order valence-electron chi connectivity index (χ2n) is 8.10. The van der Waals surface area contributed by atoms with E-state index in [0.29, 0.717) is 17.7 Å². The third-order valence-electron chi connectivity index (χ3n) is 6.14. The molecule has 2 atom stereocenters. The average Bonchev–Trinajstić information content (AvgIpc) is 2.80. The lowest BCUT2D eigenvalue weighted by Crippen LogP contribution is -2.16. The predicted molar refractivity (Wildman–Crippen MR) is 126 cm³/mol. The predicted octanol–water partition coefficient (Wildman–Crippen LogP) is 6.78. The van der Waals surface area contributed by atoms with Crippen LogP contribution in [0.4, 0.5) is 0 Å². The van der Waals surface area contributed by atoms with Gasteiger partial charge in [0, 0.05) is 17.9 Å². The Morgan fingerprint density at radius 1 is 0.839 bits per heavy atom. The highest BCUT2D eigenvalue weighted by atomic mass is 16.4. The summed E-state index contributed by atoms with van der Waals surface area (Å²) < 4.78 is 5.79. The fourth-order valence-electron chi connectivity index (χ4n) is 4.42. The second kappa shape index (κ2) is 9.22. The monoisotopic (exact) mass is 412 g/mol. The molecule has 0 saturated heterocycles. The Balaban J connectivity index is 1.65. The van der Waals surface area contributed by atoms with Gasteiger partial charge >= 0.3 is 5.63 Å². The molecule has 0 aliphatic heterocycles. The summed E-state index contributed by atoms with van der Waals surface area (Å²) in [7, 11) is 0. The Morgan fingerprint density at radius 2 is 1.55 bits per heavy atom. The van der Waals surface area contributed by atoms with E-state index in [1.807, 2.05) is 49.4 Å². The lowest BCUT2D eigenvalue weighted by atomic mass is 9.88. The molecule has 0 radical (unpaired) electrons. The standard InChI is InChI=1S/C28H28O3/c1-3-20(16-19-14-15-21-10-8-9-13-23(21)17-19)26-18-25(29)27(28(30)31-26)24(4-2)22-11-6-5-7-12-22/h5-15,17-18,20,24,29H,3-4,16H2,1-2H3. The first-order valence-electron chi connectivity index (χ1n) is 11.0. The number of aromatic hydroxyl groups is 1. The van der Waals surface area contributed by atoms with Crippen LogP contribution in [0.2, 0.25) is 0 Å². The molecule has 3 aromatic carbocycles. The fraction of sp³-hybridized carbons (Fsp3) is 0.250.